The van der Waals surface area contributed by atoms with Gasteiger partial charge in [-0.25, -0.2) is 4.98 Å². The smallest absolute Gasteiger partial charge is 0.212 e. The zero-order chi connectivity index (χ0) is 7.52. The Morgan fingerprint density at radius 2 is 2.36 bits per heavy atom. The van der Waals surface area contributed by atoms with Gasteiger partial charge in [0.15, 0.2) is 5.01 Å². The van der Waals surface area contributed by atoms with Crippen molar-refractivity contribution in [1.29, 1.82) is 0 Å². The van der Waals surface area contributed by atoms with Crippen LogP contribution in [0.4, 0.5) is 0 Å². The summed E-state index contributed by atoms with van der Waals surface area (Å²) in [5, 5.41) is 0.811. The third-order valence-corrected chi connectivity index (χ3v) is 1.85. The van der Waals surface area contributed by atoms with E-state index in [4.69, 9.17) is 0 Å². The monoisotopic (exact) mass is 162 g/mol. The minimum absolute atomic E-state index is 0.811. The van der Waals surface area contributed by atoms with Crippen LogP contribution in [0, 0.1) is 6.33 Å². The molecule has 2 aromatic rings. The first-order chi connectivity index (χ1) is 5.47. The molecule has 0 aliphatic rings. The molecule has 11 heavy (non-hydrogen) atoms. The Morgan fingerprint density at radius 1 is 1.36 bits per heavy atom. The summed E-state index contributed by atoms with van der Waals surface area (Å²) in [6.45, 7) is 0. The average molecular weight is 162 g/mol. The summed E-state index contributed by atoms with van der Waals surface area (Å²) >= 11 is 1.30. The van der Waals surface area contributed by atoms with Crippen molar-refractivity contribution in [2.75, 3.05) is 0 Å². The van der Waals surface area contributed by atoms with Crippen molar-refractivity contribution < 1.29 is 0 Å². The van der Waals surface area contributed by atoms with Gasteiger partial charge in [-0.3, -0.25) is 4.98 Å². The first kappa shape index (κ1) is 6.42. The van der Waals surface area contributed by atoms with Crippen molar-refractivity contribution in [1.82, 2.24) is 14.3 Å². The third kappa shape index (κ3) is 1.25. The Balaban J connectivity index is 2.46. The van der Waals surface area contributed by atoms with Crippen molar-refractivity contribution in [3.8, 4) is 10.7 Å². The van der Waals surface area contributed by atoms with Crippen LogP contribution in [0.2, 0.25) is 0 Å². The van der Waals surface area contributed by atoms with Crippen LogP contribution >= 0.6 is 11.5 Å². The standard InChI is InChI=1S/C7H4N3S/c1-2-4-8-6(3-1)7-9-5-10-11-7/h1-4H. The molecule has 0 fully saturated rings. The van der Waals surface area contributed by atoms with Crippen molar-refractivity contribution in [3.63, 3.8) is 0 Å². The van der Waals surface area contributed by atoms with E-state index in [-0.39, 0.29) is 0 Å². The lowest BCUT2D eigenvalue weighted by molar-refractivity contribution is 1.26. The van der Waals surface area contributed by atoms with Crippen molar-refractivity contribution >= 4 is 11.5 Å². The molecule has 0 unspecified atom stereocenters. The molecule has 0 atom stereocenters. The van der Waals surface area contributed by atoms with Gasteiger partial charge in [-0.1, -0.05) is 6.07 Å². The number of rotatable bonds is 1. The fourth-order valence-electron chi connectivity index (χ4n) is 0.743. The highest BCUT2D eigenvalue weighted by Gasteiger charge is 1.99. The fourth-order valence-corrected chi connectivity index (χ4v) is 1.21. The SMILES string of the molecule is [c]1nsc(-c2ccccn2)n1. The van der Waals surface area contributed by atoms with Gasteiger partial charge in [0, 0.05) is 6.20 Å². The van der Waals surface area contributed by atoms with Gasteiger partial charge in [0.25, 0.3) is 0 Å². The van der Waals surface area contributed by atoms with Gasteiger partial charge in [-0.15, -0.1) is 0 Å². The number of hydrogen-bond donors (Lipinski definition) is 0. The maximum Gasteiger partial charge on any atom is 0.212 e. The lowest BCUT2D eigenvalue weighted by atomic mass is 10.4. The summed E-state index contributed by atoms with van der Waals surface area (Å²) in [5.74, 6) is 0. The lowest BCUT2D eigenvalue weighted by Crippen LogP contribution is -1.78. The Morgan fingerprint density at radius 3 is 3.00 bits per heavy atom. The quantitative estimate of drug-likeness (QED) is 0.636. The Kier molecular flexibility index (Phi) is 1.61. The van der Waals surface area contributed by atoms with Crippen molar-refractivity contribution in [3.05, 3.63) is 30.7 Å². The van der Waals surface area contributed by atoms with Crippen LogP contribution in [0.15, 0.2) is 24.4 Å². The van der Waals surface area contributed by atoms with Crippen molar-refractivity contribution in [2.24, 2.45) is 0 Å². The van der Waals surface area contributed by atoms with Crippen molar-refractivity contribution in [2.45, 2.75) is 0 Å². The third-order valence-electron chi connectivity index (χ3n) is 1.21. The van der Waals surface area contributed by atoms with Crippen LogP contribution in [0.25, 0.3) is 10.7 Å². The average Bonchev–Trinajstić information content (AvgIpc) is 2.58. The minimum atomic E-state index is 0.811. The van der Waals surface area contributed by atoms with Gasteiger partial charge in [0.2, 0.25) is 6.33 Å². The Hall–Kier alpha value is -1.29. The van der Waals surface area contributed by atoms with E-state index in [2.05, 4.69) is 20.7 Å². The molecule has 0 aliphatic heterocycles. The molecule has 0 spiro atoms. The van der Waals surface area contributed by atoms with Gasteiger partial charge in [-0.2, -0.15) is 4.37 Å². The highest BCUT2D eigenvalue weighted by Crippen LogP contribution is 2.15. The second-order valence-electron chi connectivity index (χ2n) is 1.91. The number of nitrogens with zero attached hydrogens (tertiary/aromatic N) is 3. The number of hydrogen-bond acceptors (Lipinski definition) is 4. The predicted molar refractivity (Wildman–Crippen MR) is 42.0 cm³/mol. The molecule has 1 radical (unpaired) electrons. The molecular weight excluding hydrogens is 158 g/mol. The fraction of sp³-hybridized carbons (Fsp3) is 0. The highest BCUT2D eigenvalue weighted by atomic mass is 32.1. The van der Waals surface area contributed by atoms with Crippen LogP contribution in [-0.2, 0) is 0 Å². The van der Waals surface area contributed by atoms with Crippen LogP contribution in [0.1, 0.15) is 0 Å². The van der Waals surface area contributed by atoms with Crippen LogP contribution in [0.5, 0.6) is 0 Å². The Bertz CT molecular complexity index is 317. The van der Waals surface area contributed by atoms with Gasteiger partial charge < -0.3 is 0 Å². The van der Waals surface area contributed by atoms with Gasteiger partial charge in [-0.05, 0) is 23.7 Å². The first-order valence-electron chi connectivity index (χ1n) is 3.08. The van der Waals surface area contributed by atoms with E-state index < -0.39 is 0 Å². The first-order valence-corrected chi connectivity index (χ1v) is 3.85. The van der Waals surface area contributed by atoms with Crippen LogP contribution in [0.3, 0.4) is 0 Å². The van der Waals surface area contributed by atoms with Crippen LogP contribution < -0.4 is 0 Å². The molecule has 0 saturated heterocycles. The lowest BCUT2D eigenvalue weighted by Gasteiger charge is -1.89. The second kappa shape index (κ2) is 2.75. The van der Waals surface area contributed by atoms with E-state index in [1.807, 2.05) is 18.2 Å². The highest BCUT2D eigenvalue weighted by molar-refractivity contribution is 7.08. The molecule has 2 rings (SSSR count). The topological polar surface area (TPSA) is 38.7 Å². The molecule has 4 heteroatoms. The maximum atomic E-state index is 4.11. The number of pyridine rings is 1. The van der Waals surface area contributed by atoms with E-state index in [1.54, 1.807) is 6.20 Å². The van der Waals surface area contributed by atoms with E-state index in [9.17, 15) is 0 Å². The molecule has 0 aromatic carbocycles. The predicted octanol–water partition coefficient (Wildman–Crippen LogP) is 1.40. The van der Waals surface area contributed by atoms with Gasteiger partial charge in [0.1, 0.15) is 5.69 Å². The molecule has 0 aliphatic carbocycles. The summed E-state index contributed by atoms with van der Waals surface area (Å²) in [6.07, 6.45) is 4.24. The van der Waals surface area contributed by atoms with Gasteiger partial charge in [0.05, 0.1) is 0 Å². The summed E-state index contributed by atoms with van der Waals surface area (Å²) in [5.41, 5.74) is 0.853. The summed E-state index contributed by atoms with van der Waals surface area (Å²) in [7, 11) is 0. The summed E-state index contributed by atoms with van der Waals surface area (Å²) in [4.78, 5) is 8.02. The maximum absolute atomic E-state index is 4.11. The largest absolute Gasteiger partial charge is 0.254 e. The molecule has 0 N–H and O–H groups in total. The van der Waals surface area contributed by atoms with Crippen LogP contribution in [-0.4, -0.2) is 14.3 Å². The zero-order valence-electron chi connectivity index (χ0n) is 5.56. The molecule has 0 bridgehead atoms. The van der Waals surface area contributed by atoms with E-state index in [1.165, 1.54) is 11.5 Å². The van der Waals surface area contributed by atoms with Gasteiger partial charge >= 0.3 is 0 Å². The molecule has 0 amide bonds. The second-order valence-corrected chi connectivity index (χ2v) is 2.67. The summed E-state index contributed by atoms with van der Waals surface area (Å²) in [6, 6.07) is 5.69. The molecule has 53 valence electrons. The van der Waals surface area contributed by atoms with E-state index in [0.29, 0.717) is 0 Å². The molecule has 2 aromatic heterocycles. The van der Waals surface area contributed by atoms with E-state index in [0.717, 1.165) is 10.7 Å². The minimum Gasteiger partial charge on any atom is -0.254 e. The molecular formula is C7H4N3S. The molecule has 2 heterocycles. The number of aromatic nitrogens is 3. The van der Waals surface area contributed by atoms with E-state index >= 15 is 0 Å². The summed E-state index contributed by atoms with van der Waals surface area (Å²) < 4.78 is 3.76. The molecule has 0 saturated carbocycles. The zero-order valence-corrected chi connectivity index (χ0v) is 6.38. The normalized spacial score (nSPS) is 9.82. The Labute approximate surface area is 67.9 Å². The molecule has 3 nitrogen and oxygen atoms in total.